The van der Waals surface area contributed by atoms with Gasteiger partial charge in [-0.2, -0.15) is 0 Å². The predicted octanol–water partition coefficient (Wildman–Crippen LogP) is 5.30. The number of anilines is 1. The number of methoxy groups -OCH3 is 1. The van der Waals surface area contributed by atoms with E-state index in [-0.39, 0.29) is 23.0 Å². The van der Waals surface area contributed by atoms with Gasteiger partial charge in [0, 0.05) is 23.6 Å². The average molecular weight is 631 g/mol. The van der Waals surface area contributed by atoms with Crippen LogP contribution in [-0.2, 0) is 26.2 Å². The molecular weight excluding hydrogens is 594 g/mol. The number of unbranched alkanes of at least 4 members (excludes halogenated alkanes) is 1. The van der Waals surface area contributed by atoms with Crippen LogP contribution in [0.5, 0.6) is 5.75 Å². The molecule has 1 unspecified atom stereocenters. The first-order valence-corrected chi connectivity index (χ1v) is 15.3. The highest BCUT2D eigenvalue weighted by Gasteiger charge is 2.32. The first-order chi connectivity index (χ1) is 19.1. The Morgan fingerprint density at radius 2 is 1.73 bits per heavy atom. The van der Waals surface area contributed by atoms with Crippen LogP contribution < -0.4 is 14.4 Å². The molecule has 0 saturated carbocycles. The summed E-state index contributed by atoms with van der Waals surface area (Å²) >= 11 is 3.46. The van der Waals surface area contributed by atoms with E-state index in [4.69, 9.17) is 4.74 Å². The Labute approximate surface area is 245 Å². The standard InChI is InChI=1S/C30H36BrN3O5S/c1-5-6-17-32-30(36)23(3)33(20-24-9-7-10-25(31)18-24)29(35)21-34(26-11-8-12-27(19-26)39-4)40(37,38)28-15-13-22(2)14-16-28/h7-16,18-19,23H,5-6,17,20-21H2,1-4H3,(H,32,36). The topological polar surface area (TPSA) is 96.0 Å². The third-order valence-electron chi connectivity index (χ3n) is 6.47. The quantitative estimate of drug-likeness (QED) is 0.259. The average Bonchev–Trinajstić information content (AvgIpc) is 2.94. The van der Waals surface area contributed by atoms with Crippen LogP contribution in [-0.4, -0.2) is 51.4 Å². The molecule has 3 aromatic rings. The highest BCUT2D eigenvalue weighted by atomic mass is 79.9. The van der Waals surface area contributed by atoms with Crippen molar-refractivity contribution in [2.75, 3.05) is 24.5 Å². The van der Waals surface area contributed by atoms with E-state index in [2.05, 4.69) is 21.2 Å². The zero-order chi connectivity index (χ0) is 29.3. The molecule has 0 aliphatic heterocycles. The molecule has 0 saturated heterocycles. The van der Waals surface area contributed by atoms with Crippen LogP contribution in [0, 0.1) is 6.92 Å². The summed E-state index contributed by atoms with van der Waals surface area (Å²) < 4.78 is 35.0. The molecule has 0 heterocycles. The van der Waals surface area contributed by atoms with Crippen LogP contribution in [0.25, 0.3) is 0 Å². The number of rotatable bonds is 13. The van der Waals surface area contributed by atoms with E-state index in [1.165, 1.54) is 24.1 Å². The third-order valence-corrected chi connectivity index (χ3v) is 8.75. The van der Waals surface area contributed by atoms with Crippen molar-refractivity contribution >= 4 is 43.5 Å². The monoisotopic (exact) mass is 629 g/mol. The SMILES string of the molecule is CCCCNC(=O)C(C)N(Cc1cccc(Br)c1)C(=O)CN(c1cccc(OC)c1)S(=O)(=O)c1ccc(C)cc1. The molecular formula is C30H36BrN3O5S. The van der Waals surface area contributed by atoms with Gasteiger partial charge in [-0.15, -0.1) is 0 Å². The molecule has 0 aromatic heterocycles. The largest absolute Gasteiger partial charge is 0.497 e. The summed E-state index contributed by atoms with van der Waals surface area (Å²) in [4.78, 5) is 28.5. The van der Waals surface area contributed by atoms with Crippen LogP contribution in [0.15, 0.2) is 82.2 Å². The van der Waals surface area contributed by atoms with Crippen molar-refractivity contribution in [2.45, 2.75) is 51.1 Å². The van der Waals surface area contributed by atoms with Crippen molar-refractivity contribution in [2.24, 2.45) is 0 Å². The Hall–Kier alpha value is -3.37. The fourth-order valence-corrected chi connectivity index (χ4v) is 5.94. The summed E-state index contributed by atoms with van der Waals surface area (Å²) in [6, 6.07) is 19.6. The predicted molar refractivity (Wildman–Crippen MR) is 161 cm³/mol. The van der Waals surface area contributed by atoms with Gasteiger partial charge in [-0.1, -0.05) is 65.2 Å². The van der Waals surface area contributed by atoms with E-state index in [1.807, 2.05) is 38.1 Å². The lowest BCUT2D eigenvalue weighted by molar-refractivity contribution is -0.139. The Kier molecular flexibility index (Phi) is 11.2. The number of nitrogens with one attached hydrogen (secondary N) is 1. The number of amides is 2. The van der Waals surface area contributed by atoms with E-state index < -0.39 is 28.5 Å². The van der Waals surface area contributed by atoms with Crippen LogP contribution in [0.3, 0.4) is 0 Å². The van der Waals surface area contributed by atoms with E-state index in [0.717, 1.165) is 32.7 Å². The highest BCUT2D eigenvalue weighted by Crippen LogP contribution is 2.28. The molecule has 3 rings (SSSR count). The zero-order valence-electron chi connectivity index (χ0n) is 23.3. The zero-order valence-corrected chi connectivity index (χ0v) is 25.7. The molecule has 8 nitrogen and oxygen atoms in total. The van der Waals surface area contributed by atoms with Crippen LogP contribution in [0.2, 0.25) is 0 Å². The fourth-order valence-electron chi connectivity index (χ4n) is 4.08. The Morgan fingerprint density at radius 1 is 1.02 bits per heavy atom. The first-order valence-electron chi connectivity index (χ1n) is 13.1. The number of hydrogen-bond acceptors (Lipinski definition) is 5. The number of aryl methyl sites for hydroxylation is 1. The molecule has 214 valence electrons. The minimum Gasteiger partial charge on any atom is -0.497 e. The number of ether oxygens (including phenoxy) is 1. The third kappa shape index (κ3) is 8.08. The maximum atomic E-state index is 14.0. The van der Waals surface area contributed by atoms with Crippen LogP contribution in [0.4, 0.5) is 5.69 Å². The molecule has 0 spiro atoms. The Balaban J connectivity index is 2.02. The van der Waals surface area contributed by atoms with Gasteiger partial charge in [0.15, 0.2) is 0 Å². The first kappa shape index (κ1) is 31.2. The molecule has 2 amide bonds. The van der Waals surface area contributed by atoms with E-state index in [1.54, 1.807) is 43.3 Å². The second kappa shape index (κ2) is 14.3. The number of nitrogens with zero attached hydrogens (tertiary/aromatic N) is 2. The Bertz CT molecular complexity index is 1410. The Morgan fingerprint density at radius 3 is 2.38 bits per heavy atom. The van der Waals surface area contributed by atoms with Gasteiger partial charge in [0.1, 0.15) is 18.3 Å². The minimum absolute atomic E-state index is 0.0533. The molecule has 3 aromatic carbocycles. The summed E-state index contributed by atoms with van der Waals surface area (Å²) in [7, 11) is -2.66. The molecule has 1 atom stereocenters. The summed E-state index contributed by atoms with van der Waals surface area (Å²) in [6.07, 6.45) is 1.73. The summed E-state index contributed by atoms with van der Waals surface area (Å²) in [5, 5.41) is 2.89. The molecule has 0 fully saturated rings. The van der Waals surface area contributed by atoms with Crippen molar-refractivity contribution in [3.63, 3.8) is 0 Å². The van der Waals surface area contributed by atoms with Crippen molar-refractivity contribution in [1.82, 2.24) is 10.2 Å². The second-order valence-electron chi connectivity index (χ2n) is 9.50. The number of carbonyl (C=O) groups excluding carboxylic acids is 2. The maximum Gasteiger partial charge on any atom is 0.264 e. The number of sulfonamides is 1. The van der Waals surface area contributed by atoms with Gasteiger partial charge >= 0.3 is 0 Å². The van der Waals surface area contributed by atoms with Gasteiger partial charge in [-0.25, -0.2) is 8.42 Å². The second-order valence-corrected chi connectivity index (χ2v) is 12.3. The minimum atomic E-state index is -4.15. The molecule has 0 radical (unpaired) electrons. The van der Waals surface area contributed by atoms with Crippen molar-refractivity contribution < 1.29 is 22.7 Å². The van der Waals surface area contributed by atoms with Gasteiger partial charge < -0.3 is 15.0 Å². The van der Waals surface area contributed by atoms with Crippen molar-refractivity contribution in [3.05, 3.63) is 88.4 Å². The van der Waals surface area contributed by atoms with Gasteiger partial charge in [-0.05, 0) is 62.2 Å². The lowest BCUT2D eigenvalue weighted by atomic mass is 10.1. The normalized spacial score (nSPS) is 11.9. The van der Waals surface area contributed by atoms with Gasteiger partial charge in [-0.3, -0.25) is 13.9 Å². The summed E-state index contributed by atoms with van der Waals surface area (Å²) in [5.41, 5.74) is 1.98. The molecule has 0 aliphatic rings. The van der Waals surface area contributed by atoms with Crippen LogP contribution in [0.1, 0.15) is 37.8 Å². The highest BCUT2D eigenvalue weighted by molar-refractivity contribution is 9.10. The van der Waals surface area contributed by atoms with Crippen LogP contribution >= 0.6 is 15.9 Å². The fraction of sp³-hybridized carbons (Fsp3) is 0.333. The van der Waals surface area contributed by atoms with E-state index in [0.29, 0.717) is 12.3 Å². The number of carbonyl (C=O) groups is 2. The maximum absolute atomic E-state index is 14.0. The number of halogens is 1. The molecule has 0 bridgehead atoms. The lowest BCUT2D eigenvalue weighted by Gasteiger charge is -2.32. The molecule has 0 aliphatic carbocycles. The van der Waals surface area contributed by atoms with Gasteiger partial charge in [0.25, 0.3) is 10.0 Å². The number of benzene rings is 3. The molecule has 40 heavy (non-hydrogen) atoms. The molecule has 1 N–H and O–H groups in total. The summed E-state index contributed by atoms with van der Waals surface area (Å²) in [5.74, 6) is -0.369. The van der Waals surface area contributed by atoms with Gasteiger partial charge in [0.2, 0.25) is 11.8 Å². The summed E-state index contributed by atoms with van der Waals surface area (Å²) in [6.45, 7) is 5.66. The lowest BCUT2D eigenvalue weighted by Crippen LogP contribution is -2.51. The smallest absolute Gasteiger partial charge is 0.264 e. The van der Waals surface area contributed by atoms with E-state index >= 15 is 0 Å². The number of hydrogen-bond donors (Lipinski definition) is 1. The van der Waals surface area contributed by atoms with Crippen molar-refractivity contribution in [3.8, 4) is 5.75 Å². The van der Waals surface area contributed by atoms with Crippen molar-refractivity contribution in [1.29, 1.82) is 0 Å². The van der Waals surface area contributed by atoms with Gasteiger partial charge in [0.05, 0.1) is 17.7 Å². The van der Waals surface area contributed by atoms with E-state index in [9.17, 15) is 18.0 Å². The molecule has 10 heteroatoms.